The normalized spacial score (nSPS) is 15.1. The van der Waals surface area contributed by atoms with Gasteiger partial charge in [-0.05, 0) is 30.9 Å². The number of nitrogens with one attached hydrogen (secondary N) is 2. The Kier molecular flexibility index (Phi) is 3.92. The van der Waals surface area contributed by atoms with E-state index in [-0.39, 0.29) is 18.3 Å². The van der Waals surface area contributed by atoms with Crippen molar-refractivity contribution in [2.24, 2.45) is 5.92 Å². The Hall–Kier alpha value is -1.79. The van der Waals surface area contributed by atoms with Crippen LogP contribution in [0, 0.1) is 5.92 Å². The minimum absolute atomic E-state index is 0.0383. The molecule has 2 N–H and O–H groups in total. The third-order valence-electron chi connectivity index (χ3n) is 2.75. The maximum absolute atomic E-state index is 12.4. The number of alkyl halides is 3. The van der Waals surface area contributed by atoms with Gasteiger partial charge in [0.1, 0.15) is 11.5 Å². The second-order valence-electron chi connectivity index (χ2n) is 4.51. The summed E-state index contributed by atoms with van der Waals surface area (Å²) in [7, 11) is 0. The number of carbonyl (C=O) groups excluding carboxylic acids is 1. The van der Waals surface area contributed by atoms with Gasteiger partial charge >= 0.3 is 6.18 Å². The van der Waals surface area contributed by atoms with Gasteiger partial charge in [0.15, 0.2) is 0 Å². The number of carbonyl (C=O) groups is 1. The summed E-state index contributed by atoms with van der Waals surface area (Å²) in [5.74, 6) is 0.359. The highest BCUT2D eigenvalue weighted by molar-refractivity contribution is 5.80. The van der Waals surface area contributed by atoms with Gasteiger partial charge in [-0.2, -0.15) is 13.2 Å². The van der Waals surface area contributed by atoms with Crippen molar-refractivity contribution in [1.29, 1.82) is 0 Å². The van der Waals surface area contributed by atoms with E-state index in [0.29, 0.717) is 12.5 Å². The van der Waals surface area contributed by atoms with Crippen LogP contribution < -0.4 is 10.6 Å². The Bertz CT molecular complexity index is 458. The Morgan fingerprint density at radius 1 is 1.37 bits per heavy atom. The van der Waals surface area contributed by atoms with E-state index in [1.165, 1.54) is 12.1 Å². The molecule has 1 fully saturated rings. The molecule has 0 spiro atoms. The van der Waals surface area contributed by atoms with Gasteiger partial charge < -0.3 is 10.6 Å². The fraction of sp³-hybridized carbons (Fsp3) is 0.500. The van der Waals surface area contributed by atoms with Crippen molar-refractivity contribution >= 4 is 11.7 Å². The molecule has 0 aromatic carbocycles. The van der Waals surface area contributed by atoms with Crippen LogP contribution in [-0.2, 0) is 11.0 Å². The van der Waals surface area contributed by atoms with Crippen LogP contribution in [0.2, 0.25) is 0 Å². The van der Waals surface area contributed by atoms with Crippen molar-refractivity contribution in [2.45, 2.75) is 19.0 Å². The number of pyridine rings is 1. The Labute approximate surface area is 108 Å². The first kappa shape index (κ1) is 13.6. The van der Waals surface area contributed by atoms with Crippen molar-refractivity contribution in [3.05, 3.63) is 23.9 Å². The van der Waals surface area contributed by atoms with Crippen molar-refractivity contribution in [2.75, 3.05) is 18.4 Å². The molecule has 1 aliphatic rings. The summed E-state index contributed by atoms with van der Waals surface area (Å²) in [6.07, 6.45) is -2.22. The van der Waals surface area contributed by atoms with Gasteiger partial charge in [-0.15, -0.1) is 0 Å². The molecule has 4 nitrogen and oxygen atoms in total. The van der Waals surface area contributed by atoms with Crippen LogP contribution in [0.1, 0.15) is 18.5 Å². The van der Waals surface area contributed by atoms with E-state index >= 15 is 0 Å². The van der Waals surface area contributed by atoms with Gasteiger partial charge in [0.25, 0.3) is 0 Å². The van der Waals surface area contributed by atoms with Crippen LogP contribution in [-0.4, -0.2) is 24.0 Å². The van der Waals surface area contributed by atoms with Crippen molar-refractivity contribution in [1.82, 2.24) is 10.3 Å². The summed E-state index contributed by atoms with van der Waals surface area (Å²) in [4.78, 5) is 14.8. The number of aromatic nitrogens is 1. The van der Waals surface area contributed by atoms with E-state index in [0.717, 1.165) is 18.9 Å². The highest BCUT2D eigenvalue weighted by atomic mass is 19.4. The summed E-state index contributed by atoms with van der Waals surface area (Å²) < 4.78 is 37.2. The monoisotopic (exact) mass is 273 g/mol. The largest absolute Gasteiger partial charge is 0.433 e. The molecule has 1 heterocycles. The van der Waals surface area contributed by atoms with Crippen LogP contribution in [0.4, 0.5) is 19.0 Å². The first-order valence-electron chi connectivity index (χ1n) is 6.00. The molecule has 0 bridgehead atoms. The maximum Gasteiger partial charge on any atom is 0.433 e. The second-order valence-corrected chi connectivity index (χ2v) is 4.51. The molecule has 1 aliphatic carbocycles. The summed E-state index contributed by atoms with van der Waals surface area (Å²) in [6, 6.07) is 3.53. The van der Waals surface area contributed by atoms with Gasteiger partial charge in [0, 0.05) is 6.54 Å². The highest BCUT2D eigenvalue weighted by Gasteiger charge is 2.32. The minimum Gasteiger partial charge on any atom is -0.361 e. The molecule has 19 heavy (non-hydrogen) atoms. The molecule has 1 saturated carbocycles. The average Bonchev–Trinajstić information content (AvgIpc) is 3.17. The average molecular weight is 273 g/mol. The number of nitrogens with zero attached hydrogens (tertiary/aromatic N) is 1. The molecular formula is C12H14F3N3O. The molecule has 1 aromatic heterocycles. The summed E-state index contributed by atoms with van der Waals surface area (Å²) >= 11 is 0. The number of amides is 1. The van der Waals surface area contributed by atoms with Crippen LogP contribution in [0.3, 0.4) is 0 Å². The van der Waals surface area contributed by atoms with Crippen molar-refractivity contribution < 1.29 is 18.0 Å². The van der Waals surface area contributed by atoms with E-state index in [1.807, 2.05) is 0 Å². The third-order valence-corrected chi connectivity index (χ3v) is 2.75. The number of rotatable bonds is 5. The lowest BCUT2D eigenvalue weighted by Gasteiger charge is -2.09. The number of hydrogen-bond donors (Lipinski definition) is 2. The van der Waals surface area contributed by atoms with Gasteiger partial charge in [-0.1, -0.05) is 6.07 Å². The number of hydrogen-bond acceptors (Lipinski definition) is 3. The van der Waals surface area contributed by atoms with E-state index in [9.17, 15) is 18.0 Å². The summed E-state index contributed by atoms with van der Waals surface area (Å²) in [5, 5.41) is 5.29. The van der Waals surface area contributed by atoms with Crippen molar-refractivity contribution in [3.63, 3.8) is 0 Å². The lowest BCUT2D eigenvalue weighted by molar-refractivity contribution is -0.141. The van der Waals surface area contributed by atoms with Gasteiger partial charge in [-0.3, -0.25) is 4.79 Å². The SMILES string of the molecule is O=C(CNc1cccc(C(F)(F)F)n1)NCC1CC1. The molecule has 0 unspecified atom stereocenters. The van der Waals surface area contributed by atoms with Gasteiger partial charge in [-0.25, -0.2) is 4.98 Å². The smallest absolute Gasteiger partial charge is 0.361 e. The van der Waals surface area contributed by atoms with Crippen LogP contribution >= 0.6 is 0 Å². The fourth-order valence-corrected chi connectivity index (χ4v) is 1.50. The standard InChI is InChI=1S/C12H14F3N3O/c13-12(14,15)9-2-1-3-10(18-9)16-7-11(19)17-6-8-4-5-8/h1-3,8H,4-7H2,(H,16,18)(H,17,19). The van der Waals surface area contributed by atoms with E-state index in [2.05, 4.69) is 15.6 Å². The molecule has 0 aliphatic heterocycles. The molecule has 0 saturated heterocycles. The zero-order chi connectivity index (χ0) is 13.9. The number of anilines is 1. The quantitative estimate of drug-likeness (QED) is 0.863. The molecule has 0 radical (unpaired) electrons. The molecule has 0 atom stereocenters. The zero-order valence-electron chi connectivity index (χ0n) is 10.1. The Morgan fingerprint density at radius 3 is 2.74 bits per heavy atom. The molecular weight excluding hydrogens is 259 g/mol. The predicted octanol–water partition coefficient (Wildman–Crippen LogP) is 2.04. The van der Waals surface area contributed by atoms with Crippen molar-refractivity contribution in [3.8, 4) is 0 Å². The van der Waals surface area contributed by atoms with E-state index in [1.54, 1.807) is 0 Å². The maximum atomic E-state index is 12.4. The zero-order valence-corrected chi connectivity index (χ0v) is 10.1. The Balaban J connectivity index is 1.83. The molecule has 2 rings (SSSR count). The third kappa shape index (κ3) is 4.42. The topological polar surface area (TPSA) is 54.0 Å². The van der Waals surface area contributed by atoms with Crippen LogP contribution in [0.5, 0.6) is 0 Å². The van der Waals surface area contributed by atoms with Gasteiger partial charge in [0.05, 0.1) is 6.54 Å². The molecule has 7 heteroatoms. The van der Waals surface area contributed by atoms with Gasteiger partial charge in [0.2, 0.25) is 5.91 Å². The second kappa shape index (κ2) is 5.46. The number of halogens is 3. The van der Waals surface area contributed by atoms with Crippen LogP contribution in [0.25, 0.3) is 0 Å². The van der Waals surface area contributed by atoms with Crippen LogP contribution in [0.15, 0.2) is 18.2 Å². The Morgan fingerprint density at radius 2 is 2.11 bits per heavy atom. The minimum atomic E-state index is -4.48. The fourth-order valence-electron chi connectivity index (χ4n) is 1.50. The summed E-state index contributed by atoms with van der Waals surface area (Å²) in [5.41, 5.74) is -0.976. The predicted molar refractivity (Wildman–Crippen MR) is 63.5 cm³/mol. The molecule has 104 valence electrons. The lowest BCUT2D eigenvalue weighted by Crippen LogP contribution is -2.31. The molecule has 1 amide bonds. The first-order valence-corrected chi connectivity index (χ1v) is 6.00. The van der Waals surface area contributed by atoms with E-state index in [4.69, 9.17) is 0 Å². The highest BCUT2D eigenvalue weighted by Crippen LogP contribution is 2.28. The molecule has 1 aromatic rings. The first-order chi connectivity index (χ1) is 8.95. The lowest BCUT2D eigenvalue weighted by atomic mass is 10.3. The van der Waals surface area contributed by atoms with E-state index < -0.39 is 11.9 Å². The summed E-state index contributed by atoms with van der Waals surface area (Å²) in [6.45, 7) is 0.553.